The molecule has 0 fully saturated rings. The molecule has 0 atom stereocenters. The van der Waals surface area contributed by atoms with Crippen LogP contribution in [-0.4, -0.2) is 22.5 Å². The molecule has 0 amide bonds. The lowest BCUT2D eigenvalue weighted by atomic mass is 10.3. The molecule has 2 rings (SSSR count). The minimum atomic E-state index is -0.206. The Morgan fingerprint density at radius 1 is 1.50 bits per heavy atom. The van der Waals surface area contributed by atoms with Crippen LogP contribution in [0.4, 0.5) is 0 Å². The van der Waals surface area contributed by atoms with Gasteiger partial charge in [0, 0.05) is 22.8 Å². The Labute approximate surface area is 110 Å². The molecular formula is C13H14N2O2S. The molecule has 0 aromatic carbocycles. The van der Waals surface area contributed by atoms with Crippen LogP contribution in [0.25, 0.3) is 10.6 Å². The van der Waals surface area contributed by atoms with Crippen molar-refractivity contribution in [3.63, 3.8) is 0 Å². The molecule has 0 saturated carbocycles. The summed E-state index contributed by atoms with van der Waals surface area (Å²) >= 11 is 1.51. The first-order valence-corrected chi connectivity index (χ1v) is 6.54. The molecule has 0 radical (unpaired) electrons. The highest BCUT2D eigenvalue weighted by atomic mass is 32.1. The van der Waals surface area contributed by atoms with Gasteiger partial charge in [-0.05, 0) is 26.0 Å². The van der Waals surface area contributed by atoms with E-state index >= 15 is 0 Å². The first-order valence-electron chi connectivity index (χ1n) is 5.73. The molecule has 4 nitrogen and oxygen atoms in total. The molecule has 0 aliphatic heterocycles. The standard InChI is InChI=1S/C13H14N2O2S/c1-3-17-12(16)7-11-9(2)15-13(18-11)10-5-4-6-14-8-10/h4-6,8H,3,7H2,1-2H3. The van der Waals surface area contributed by atoms with Crippen LogP contribution in [0.5, 0.6) is 0 Å². The molecule has 2 aromatic heterocycles. The zero-order chi connectivity index (χ0) is 13.0. The van der Waals surface area contributed by atoms with Gasteiger partial charge >= 0.3 is 5.97 Å². The van der Waals surface area contributed by atoms with E-state index in [0.29, 0.717) is 6.61 Å². The number of carbonyl (C=O) groups is 1. The van der Waals surface area contributed by atoms with E-state index in [4.69, 9.17) is 4.74 Å². The van der Waals surface area contributed by atoms with Crippen LogP contribution in [0, 0.1) is 6.92 Å². The average molecular weight is 262 g/mol. The molecule has 18 heavy (non-hydrogen) atoms. The third kappa shape index (κ3) is 2.92. The largest absolute Gasteiger partial charge is 0.466 e. The highest BCUT2D eigenvalue weighted by molar-refractivity contribution is 7.15. The van der Waals surface area contributed by atoms with E-state index < -0.39 is 0 Å². The number of carbonyl (C=O) groups excluding carboxylic acids is 1. The minimum Gasteiger partial charge on any atom is -0.466 e. The molecule has 0 spiro atoms. The normalized spacial score (nSPS) is 10.3. The molecule has 2 aromatic rings. The van der Waals surface area contributed by atoms with Gasteiger partial charge < -0.3 is 4.74 Å². The maximum absolute atomic E-state index is 11.5. The summed E-state index contributed by atoms with van der Waals surface area (Å²) in [5.74, 6) is -0.206. The zero-order valence-corrected chi connectivity index (χ0v) is 11.2. The molecule has 0 bridgehead atoms. The third-order valence-corrected chi connectivity index (χ3v) is 3.62. The second-order valence-corrected chi connectivity index (χ2v) is 4.83. The van der Waals surface area contributed by atoms with E-state index in [0.717, 1.165) is 21.1 Å². The molecule has 0 unspecified atom stereocenters. The van der Waals surface area contributed by atoms with Crippen LogP contribution in [0.15, 0.2) is 24.5 Å². The highest BCUT2D eigenvalue weighted by Gasteiger charge is 2.13. The fourth-order valence-corrected chi connectivity index (χ4v) is 2.59. The Balaban J connectivity index is 2.20. The number of hydrogen-bond donors (Lipinski definition) is 0. The number of hydrogen-bond acceptors (Lipinski definition) is 5. The van der Waals surface area contributed by atoms with Crippen LogP contribution in [-0.2, 0) is 16.0 Å². The molecule has 0 N–H and O–H groups in total. The first-order chi connectivity index (χ1) is 8.70. The van der Waals surface area contributed by atoms with E-state index in [1.165, 1.54) is 11.3 Å². The van der Waals surface area contributed by atoms with Gasteiger partial charge in [0.05, 0.1) is 18.7 Å². The van der Waals surface area contributed by atoms with Crippen molar-refractivity contribution in [1.29, 1.82) is 0 Å². The molecule has 2 heterocycles. The lowest BCUT2D eigenvalue weighted by Crippen LogP contribution is -2.07. The summed E-state index contributed by atoms with van der Waals surface area (Å²) < 4.78 is 4.94. The van der Waals surface area contributed by atoms with Crippen LogP contribution < -0.4 is 0 Å². The van der Waals surface area contributed by atoms with Crippen molar-refractivity contribution in [1.82, 2.24) is 9.97 Å². The monoisotopic (exact) mass is 262 g/mol. The lowest BCUT2D eigenvalue weighted by molar-refractivity contribution is -0.142. The number of pyridine rings is 1. The van der Waals surface area contributed by atoms with Gasteiger partial charge in [-0.2, -0.15) is 0 Å². The Hall–Kier alpha value is -1.75. The van der Waals surface area contributed by atoms with Crippen molar-refractivity contribution >= 4 is 17.3 Å². The van der Waals surface area contributed by atoms with E-state index in [9.17, 15) is 4.79 Å². The number of nitrogens with zero attached hydrogens (tertiary/aromatic N) is 2. The maximum atomic E-state index is 11.5. The van der Waals surface area contributed by atoms with Gasteiger partial charge in [0.2, 0.25) is 0 Å². The van der Waals surface area contributed by atoms with Gasteiger partial charge in [-0.15, -0.1) is 11.3 Å². The van der Waals surface area contributed by atoms with Crippen LogP contribution in [0.3, 0.4) is 0 Å². The van der Waals surface area contributed by atoms with Crippen molar-refractivity contribution in [3.8, 4) is 10.6 Å². The topological polar surface area (TPSA) is 52.1 Å². The smallest absolute Gasteiger partial charge is 0.311 e. The van der Waals surface area contributed by atoms with Crippen molar-refractivity contribution in [2.24, 2.45) is 0 Å². The van der Waals surface area contributed by atoms with Gasteiger partial charge in [0.15, 0.2) is 0 Å². The average Bonchev–Trinajstić information content (AvgIpc) is 2.72. The van der Waals surface area contributed by atoms with Gasteiger partial charge in [0.25, 0.3) is 0 Å². The van der Waals surface area contributed by atoms with E-state index in [1.807, 2.05) is 19.1 Å². The second-order valence-electron chi connectivity index (χ2n) is 3.75. The van der Waals surface area contributed by atoms with Gasteiger partial charge in [-0.25, -0.2) is 4.98 Å². The summed E-state index contributed by atoms with van der Waals surface area (Å²) in [7, 11) is 0. The Bertz CT molecular complexity index is 537. The number of aromatic nitrogens is 2. The lowest BCUT2D eigenvalue weighted by Gasteiger charge is -1.99. The molecule has 0 saturated heterocycles. The molecule has 94 valence electrons. The second kappa shape index (κ2) is 5.73. The number of rotatable bonds is 4. The van der Waals surface area contributed by atoms with Crippen molar-refractivity contribution in [2.75, 3.05) is 6.61 Å². The van der Waals surface area contributed by atoms with Crippen molar-refractivity contribution < 1.29 is 9.53 Å². The van der Waals surface area contributed by atoms with E-state index in [-0.39, 0.29) is 12.4 Å². The number of ether oxygens (including phenoxy) is 1. The van der Waals surface area contributed by atoms with Crippen molar-refractivity contribution in [2.45, 2.75) is 20.3 Å². The first kappa shape index (κ1) is 12.7. The predicted octanol–water partition coefficient (Wildman–Crippen LogP) is 2.62. The molecule has 0 aliphatic carbocycles. The number of esters is 1. The van der Waals surface area contributed by atoms with Gasteiger partial charge in [-0.3, -0.25) is 9.78 Å². The summed E-state index contributed by atoms with van der Waals surface area (Å²) in [6.07, 6.45) is 3.79. The van der Waals surface area contributed by atoms with E-state index in [2.05, 4.69) is 9.97 Å². The Morgan fingerprint density at radius 3 is 3.00 bits per heavy atom. The van der Waals surface area contributed by atoms with Crippen LogP contribution in [0.1, 0.15) is 17.5 Å². The summed E-state index contributed by atoms with van der Waals surface area (Å²) in [5, 5.41) is 0.889. The van der Waals surface area contributed by atoms with Crippen molar-refractivity contribution in [3.05, 3.63) is 35.1 Å². The summed E-state index contributed by atoms with van der Waals surface area (Å²) in [6.45, 7) is 4.12. The van der Waals surface area contributed by atoms with Gasteiger partial charge in [0.1, 0.15) is 5.01 Å². The fraction of sp³-hybridized carbons (Fsp3) is 0.308. The Kier molecular flexibility index (Phi) is 4.04. The highest BCUT2D eigenvalue weighted by Crippen LogP contribution is 2.27. The van der Waals surface area contributed by atoms with Gasteiger partial charge in [-0.1, -0.05) is 0 Å². The molecule has 5 heteroatoms. The number of aryl methyl sites for hydroxylation is 1. The summed E-state index contributed by atoms with van der Waals surface area (Å²) in [6, 6.07) is 3.83. The summed E-state index contributed by atoms with van der Waals surface area (Å²) in [4.78, 5) is 20.9. The van der Waals surface area contributed by atoms with Crippen LogP contribution in [0.2, 0.25) is 0 Å². The van der Waals surface area contributed by atoms with E-state index in [1.54, 1.807) is 19.3 Å². The SMILES string of the molecule is CCOC(=O)Cc1sc(-c2cccnc2)nc1C. The predicted molar refractivity (Wildman–Crippen MR) is 70.4 cm³/mol. The molecular weight excluding hydrogens is 248 g/mol. The maximum Gasteiger partial charge on any atom is 0.311 e. The fourth-order valence-electron chi connectivity index (χ4n) is 1.55. The summed E-state index contributed by atoms with van der Waals surface area (Å²) in [5.41, 5.74) is 1.85. The minimum absolute atomic E-state index is 0.206. The number of thiazole rings is 1. The quantitative estimate of drug-likeness (QED) is 0.795. The third-order valence-electron chi connectivity index (χ3n) is 2.41. The van der Waals surface area contributed by atoms with Crippen LogP contribution >= 0.6 is 11.3 Å². The zero-order valence-electron chi connectivity index (χ0n) is 10.3. The Morgan fingerprint density at radius 2 is 2.33 bits per heavy atom. The molecule has 0 aliphatic rings.